The summed E-state index contributed by atoms with van der Waals surface area (Å²) < 4.78 is 12.2. The zero-order chi connectivity index (χ0) is 9.72. The molecule has 62 valence electrons. The summed E-state index contributed by atoms with van der Waals surface area (Å²) in [5.41, 5.74) is -1.04. The van der Waals surface area contributed by atoms with Crippen LogP contribution in [-0.4, -0.2) is 4.92 Å². The van der Waals surface area contributed by atoms with E-state index >= 15 is 0 Å². The van der Waals surface area contributed by atoms with E-state index in [9.17, 15) is 14.5 Å². The lowest BCUT2D eigenvalue weighted by atomic mass is 10.2. The lowest BCUT2D eigenvalue weighted by Gasteiger charge is -1.90. The monoisotopic (exact) mass is 168 g/mol. The number of hydrogen-bond acceptors (Lipinski definition) is 3. The van der Waals surface area contributed by atoms with Crippen molar-refractivity contribution in [2.75, 3.05) is 0 Å². The van der Waals surface area contributed by atoms with E-state index < -0.39 is 22.0 Å². The van der Waals surface area contributed by atoms with E-state index in [1.807, 2.05) is 0 Å². The van der Waals surface area contributed by atoms with Gasteiger partial charge in [-0.1, -0.05) is 6.58 Å². The summed E-state index contributed by atoms with van der Waals surface area (Å²) in [6.45, 7) is 5.81. The molecule has 5 heteroatoms. The van der Waals surface area contributed by atoms with Gasteiger partial charge >= 0.3 is 0 Å². The zero-order valence-corrected chi connectivity index (χ0v) is 6.08. The molecule has 0 aromatic rings. The van der Waals surface area contributed by atoms with Crippen LogP contribution in [0.25, 0.3) is 0 Å². The van der Waals surface area contributed by atoms with E-state index in [0.717, 1.165) is 6.08 Å². The van der Waals surface area contributed by atoms with Gasteiger partial charge in [0.05, 0.1) is 10.5 Å². The molecule has 0 aromatic carbocycles. The van der Waals surface area contributed by atoms with Crippen LogP contribution in [0, 0.1) is 21.4 Å². The Labute approximate surface area is 68.1 Å². The maximum Gasteiger partial charge on any atom is 0.263 e. The van der Waals surface area contributed by atoms with Gasteiger partial charge in [-0.05, 0) is 6.58 Å². The SMILES string of the molecule is C=C(F)/C(C#N)=C\C(=C)[N+](=O)[O-]. The first-order valence-corrected chi connectivity index (χ1v) is 2.79. The molecule has 0 saturated carbocycles. The Morgan fingerprint density at radius 3 is 2.42 bits per heavy atom. The number of allylic oxidation sites excluding steroid dienone is 3. The molecule has 4 nitrogen and oxygen atoms in total. The predicted molar refractivity (Wildman–Crippen MR) is 40.1 cm³/mol. The zero-order valence-electron chi connectivity index (χ0n) is 6.08. The van der Waals surface area contributed by atoms with Gasteiger partial charge in [0.1, 0.15) is 11.9 Å². The Kier molecular flexibility index (Phi) is 3.37. The van der Waals surface area contributed by atoms with Gasteiger partial charge < -0.3 is 0 Å². The first kappa shape index (κ1) is 10.0. The summed E-state index contributed by atoms with van der Waals surface area (Å²) in [5.74, 6) is -1.01. The number of nitrogens with zero attached hydrogens (tertiary/aromatic N) is 2. The molecular formula is C7H5FN2O2. The molecule has 0 bridgehead atoms. The minimum absolute atomic E-state index is 0.489. The fourth-order valence-corrected chi connectivity index (χ4v) is 0.391. The first-order valence-electron chi connectivity index (χ1n) is 2.79. The van der Waals surface area contributed by atoms with Crippen molar-refractivity contribution in [3.8, 4) is 6.07 Å². The topological polar surface area (TPSA) is 66.9 Å². The Morgan fingerprint density at radius 2 is 2.17 bits per heavy atom. The van der Waals surface area contributed by atoms with Crippen LogP contribution in [-0.2, 0) is 0 Å². The average molecular weight is 168 g/mol. The summed E-state index contributed by atoms with van der Waals surface area (Å²) >= 11 is 0. The summed E-state index contributed by atoms with van der Waals surface area (Å²) in [6.07, 6.45) is 0.725. The van der Waals surface area contributed by atoms with Crippen molar-refractivity contribution in [3.05, 3.63) is 46.4 Å². The Balaban J connectivity index is 4.77. The summed E-state index contributed by atoms with van der Waals surface area (Å²) in [6, 6.07) is 1.41. The van der Waals surface area contributed by atoms with Gasteiger partial charge in [-0.2, -0.15) is 5.26 Å². The van der Waals surface area contributed by atoms with Crippen molar-refractivity contribution < 1.29 is 9.31 Å². The molecular weight excluding hydrogens is 163 g/mol. The molecule has 0 saturated heterocycles. The molecule has 0 fully saturated rings. The summed E-state index contributed by atoms with van der Waals surface area (Å²) in [4.78, 5) is 9.15. The van der Waals surface area contributed by atoms with E-state index in [0.29, 0.717) is 0 Å². The van der Waals surface area contributed by atoms with Crippen molar-refractivity contribution in [1.82, 2.24) is 0 Å². The Hall–Kier alpha value is -1.96. The number of halogens is 1. The lowest BCUT2D eigenvalue weighted by Crippen LogP contribution is -1.94. The molecule has 0 aliphatic heterocycles. The van der Waals surface area contributed by atoms with E-state index in [-0.39, 0.29) is 0 Å². The van der Waals surface area contributed by atoms with Crippen LogP contribution in [0.5, 0.6) is 0 Å². The highest BCUT2D eigenvalue weighted by atomic mass is 19.1. The molecule has 12 heavy (non-hydrogen) atoms. The normalized spacial score (nSPS) is 10.2. The van der Waals surface area contributed by atoms with Crippen molar-refractivity contribution in [3.63, 3.8) is 0 Å². The van der Waals surface area contributed by atoms with Gasteiger partial charge in [-0.3, -0.25) is 10.1 Å². The third-order valence-electron chi connectivity index (χ3n) is 0.958. The standard InChI is InChI=1S/C7H5FN2O2/c1-5(10(11)12)3-7(4-9)6(2)8/h3H,1-2H2/b7-3-. The highest BCUT2D eigenvalue weighted by Gasteiger charge is 2.07. The third kappa shape index (κ3) is 2.75. The van der Waals surface area contributed by atoms with Crippen LogP contribution in [0.1, 0.15) is 0 Å². The highest BCUT2D eigenvalue weighted by Crippen LogP contribution is 2.10. The van der Waals surface area contributed by atoms with Gasteiger partial charge in [0.2, 0.25) is 0 Å². The van der Waals surface area contributed by atoms with Crippen molar-refractivity contribution >= 4 is 0 Å². The maximum atomic E-state index is 12.2. The highest BCUT2D eigenvalue weighted by molar-refractivity contribution is 5.39. The first-order chi connectivity index (χ1) is 5.49. The molecule has 0 amide bonds. The van der Waals surface area contributed by atoms with Crippen LogP contribution in [0.15, 0.2) is 36.3 Å². The predicted octanol–water partition coefficient (Wildman–Crippen LogP) is 1.71. The van der Waals surface area contributed by atoms with Crippen molar-refractivity contribution in [1.29, 1.82) is 5.26 Å². The van der Waals surface area contributed by atoms with E-state index in [4.69, 9.17) is 5.26 Å². The molecule has 0 N–H and O–H groups in total. The number of nitro groups is 1. The smallest absolute Gasteiger partial charge is 0.258 e. The fraction of sp³-hybridized carbons (Fsp3) is 0. The van der Waals surface area contributed by atoms with Gasteiger partial charge in [0.15, 0.2) is 0 Å². The molecule has 0 aromatic heterocycles. The number of rotatable bonds is 3. The fourth-order valence-electron chi connectivity index (χ4n) is 0.391. The summed E-state index contributed by atoms with van der Waals surface area (Å²) in [7, 11) is 0. The van der Waals surface area contributed by atoms with Crippen molar-refractivity contribution in [2.45, 2.75) is 0 Å². The van der Waals surface area contributed by atoms with E-state index in [2.05, 4.69) is 13.2 Å². The van der Waals surface area contributed by atoms with Crippen LogP contribution in [0.4, 0.5) is 4.39 Å². The Morgan fingerprint density at radius 1 is 1.67 bits per heavy atom. The van der Waals surface area contributed by atoms with Gasteiger partial charge in [-0.15, -0.1) is 0 Å². The Bertz CT molecular complexity index is 312. The third-order valence-corrected chi connectivity index (χ3v) is 0.958. The minimum atomic E-state index is -1.01. The number of hydrogen-bond donors (Lipinski definition) is 0. The molecule has 0 aliphatic carbocycles. The van der Waals surface area contributed by atoms with E-state index in [1.54, 1.807) is 0 Å². The molecule has 0 rings (SSSR count). The maximum absolute atomic E-state index is 12.2. The second-order valence-electron chi connectivity index (χ2n) is 1.82. The molecule has 0 atom stereocenters. The molecule has 0 heterocycles. The van der Waals surface area contributed by atoms with Crippen LogP contribution in [0.2, 0.25) is 0 Å². The van der Waals surface area contributed by atoms with Gasteiger partial charge in [0.25, 0.3) is 5.70 Å². The van der Waals surface area contributed by atoms with Gasteiger partial charge in [-0.25, -0.2) is 4.39 Å². The van der Waals surface area contributed by atoms with Crippen LogP contribution in [0.3, 0.4) is 0 Å². The summed E-state index contributed by atoms with van der Waals surface area (Å²) in [5, 5.41) is 18.2. The van der Waals surface area contributed by atoms with Crippen LogP contribution < -0.4 is 0 Å². The molecule has 0 spiro atoms. The molecule has 0 unspecified atom stereocenters. The second-order valence-corrected chi connectivity index (χ2v) is 1.82. The largest absolute Gasteiger partial charge is 0.263 e. The van der Waals surface area contributed by atoms with E-state index in [1.165, 1.54) is 6.07 Å². The quantitative estimate of drug-likeness (QED) is 0.279. The van der Waals surface area contributed by atoms with Gasteiger partial charge in [0, 0.05) is 6.08 Å². The molecule has 0 aliphatic rings. The van der Waals surface area contributed by atoms with Crippen molar-refractivity contribution in [2.24, 2.45) is 0 Å². The average Bonchev–Trinajstić information content (AvgIpc) is 1.98. The molecule has 0 radical (unpaired) electrons. The minimum Gasteiger partial charge on any atom is -0.258 e. The lowest BCUT2D eigenvalue weighted by molar-refractivity contribution is -0.418. The second kappa shape index (κ2) is 4.03. The number of nitriles is 1. The van der Waals surface area contributed by atoms with Crippen LogP contribution >= 0.6 is 0 Å².